The molecule has 2 aromatic heterocycles. The molecule has 4 aromatic rings. The van der Waals surface area contributed by atoms with Crippen LogP contribution in [0.5, 0.6) is 0 Å². The number of carbonyl (C=O) groups excluding carboxylic acids is 2. The van der Waals surface area contributed by atoms with Gasteiger partial charge < -0.3 is 14.4 Å². The first kappa shape index (κ1) is 31.5. The van der Waals surface area contributed by atoms with Crippen LogP contribution in [0.1, 0.15) is 40.8 Å². The Kier molecular flexibility index (Phi) is 8.94. The van der Waals surface area contributed by atoms with Gasteiger partial charge in [0.25, 0.3) is 11.8 Å². The minimum atomic E-state index is -1.25. The summed E-state index contributed by atoms with van der Waals surface area (Å²) < 4.78 is 5.77. The van der Waals surface area contributed by atoms with Gasteiger partial charge >= 0.3 is 11.6 Å². The third-order valence-electron chi connectivity index (χ3n) is 7.80. The molecular formula is C34H29N3O6S3. The molecular weight excluding hydrogens is 643 g/mol. The minimum Gasteiger partial charge on any atom is -0.480 e. The third-order valence-corrected chi connectivity index (χ3v) is 10.8. The summed E-state index contributed by atoms with van der Waals surface area (Å²) in [6.07, 6.45) is 4.20. The van der Waals surface area contributed by atoms with Gasteiger partial charge in [0, 0.05) is 50.1 Å². The number of hydrogen-bond acceptors (Lipinski definition) is 9. The highest BCUT2D eigenvalue weighted by molar-refractivity contribution is 8.09. The normalized spacial score (nSPS) is 17.7. The van der Waals surface area contributed by atoms with Gasteiger partial charge in [-0.2, -0.15) is 0 Å². The number of thiocarbonyl (C=S) groups is 1. The van der Waals surface area contributed by atoms with E-state index in [4.69, 9.17) is 16.6 Å². The number of anilines is 2. The third kappa shape index (κ3) is 6.03. The average molecular weight is 672 g/mol. The number of hydrogen-bond donors (Lipinski definition) is 1. The smallest absolute Gasteiger partial charge is 0.340 e. The van der Waals surface area contributed by atoms with Gasteiger partial charge in [-0.15, -0.1) is 23.1 Å². The highest BCUT2D eigenvalue weighted by Crippen LogP contribution is 2.49. The zero-order valence-corrected chi connectivity index (χ0v) is 27.4. The number of carboxylic acids is 1. The van der Waals surface area contributed by atoms with Crippen LogP contribution in [0.2, 0.25) is 0 Å². The van der Waals surface area contributed by atoms with Gasteiger partial charge in [0.15, 0.2) is 5.11 Å². The predicted molar refractivity (Wildman–Crippen MR) is 187 cm³/mol. The summed E-state index contributed by atoms with van der Waals surface area (Å²) in [5.74, 6) is -2.64. The summed E-state index contributed by atoms with van der Waals surface area (Å²) >= 11 is 8.35. The van der Waals surface area contributed by atoms with Crippen molar-refractivity contribution in [3.05, 3.63) is 104 Å². The first-order valence-electron chi connectivity index (χ1n) is 14.7. The molecule has 9 nitrogen and oxygen atoms in total. The van der Waals surface area contributed by atoms with Gasteiger partial charge in [0.1, 0.15) is 17.7 Å². The standard InChI is InChI=1S/C34H29N3O6S3/c1-3-35(4-2)22-11-10-20-16-24(33(42)43-26(20)17-22)27-14-15-29(46-27)28-13-12-23(45-28)18-25-31(40)36(19-30(38)39)34(44)37(32(25)41)21-8-6-5-7-9-21/h5-13,15-18,27H,3-4,14,19H2,1-2H3,(H,38,39)/b25-18-. The minimum absolute atomic E-state index is 0.117. The molecule has 0 saturated carbocycles. The molecule has 4 heterocycles. The Morgan fingerprint density at radius 2 is 1.80 bits per heavy atom. The highest BCUT2D eigenvalue weighted by Gasteiger charge is 2.41. The summed E-state index contributed by atoms with van der Waals surface area (Å²) in [5.41, 5.74) is 2.07. The molecule has 2 aromatic carbocycles. The zero-order chi connectivity index (χ0) is 32.5. The van der Waals surface area contributed by atoms with Crippen LogP contribution in [0.4, 0.5) is 11.4 Å². The lowest BCUT2D eigenvalue weighted by atomic mass is 10.1. The maximum absolute atomic E-state index is 13.6. The first-order valence-corrected chi connectivity index (χ1v) is 16.8. The number of carbonyl (C=O) groups is 3. The largest absolute Gasteiger partial charge is 0.480 e. The molecule has 2 amide bonds. The fraction of sp³-hybridized carbons (Fsp3) is 0.206. The van der Waals surface area contributed by atoms with E-state index in [1.807, 2.05) is 36.4 Å². The summed E-state index contributed by atoms with van der Waals surface area (Å²) in [5, 5.41) is 10.0. The average Bonchev–Trinajstić information content (AvgIpc) is 3.72. The van der Waals surface area contributed by atoms with Crippen molar-refractivity contribution in [1.29, 1.82) is 0 Å². The molecule has 2 aliphatic rings. The van der Waals surface area contributed by atoms with Crippen molar-refractivity contribution in [2.24, 2.45) is 0 Å². The number of rotatable bonds is 9. The van der Waals surface area contributed by atoms with Crippen LogP contribution < -0.4 is 15.4 Å². The molecule has 6 rings (SSSR count). The highest BCUT2D eigenvalue weighted by atomic mass is 32.2. The first-order chi connectivity index (χ1) is 22.2. The fourth-order valence-electron chi connectivity index (χ4n) is 5.50. The predicted octanol–water partition coefficient (Wildman–Crippen LogP) is 6.55. The van der Waals surface area contributed by atoms with Crippen LogP contribution in [0.3, 0.4) is 0 Å². The van der Waals surface area contributed by atoms with E-state index in [1.165, 1.54) is 22.3 Å². The number of allylic oxidation sites excluding steroid dienone is 1. The quantitative estimate of drug-likeness (QED) is 0.0917. The molecule has 0 radical (unpaired) electrons. The SMILES string of the molecule is CCN(CC)c1ccc2cc(C3CC=C(c4ccc(/C=C5/C(=O)N(CC(=O)O)C(=S)N(c6ccccc6)C5=O)s4)S3)c(=O)oc2c1. The number of carboxylic acid groups (broad SMARTS) is 1. The molecule has 234 valence electrons. The van der Waals surface area contributed by atoms with E-state index in [-0.39, 0.29) is 21.6 Å². The van der Waals surface area contributed by atoms with Gasteiger partial charge in [0.2, 0.25) is 0 Å². The second-order valence-electron chi connectivity index (χ2n) is 10.6. The number of fused-ring (bicyclic) bond motifs is 1. The number of aliphatic carboxylic acids is 1. The number of thioether (sulfide) groups is 1. The van der Waals surface area contributed by atoms with E-state index in [1.54, 1.807) is 42.1 Å². The molecule has 0 aliphatic carbocycles. The number of thiophene rings is 1. The lowest BCUT2D eigenvalue weighted by molar-refractivity contribution is -0.141. The van der Waals surface area contributed by atoms with Crippen LogP contribution >= 0.6 is 35.3 Å². The van der Waals surface area contributed by atoms with E-state index in [0.29, 0.717) is 28.1 Å². The van der Waals surface area contributed by atoms with Crippen LogP contribution in [-0.2, 0) is 14.4 Å². The maximum Gasteiger partial charge on any atom is 0.340 e. The van der Waals surface area contributed by atoms with Crippen molar-refractivity contribution in [2.75, 3.05) is 29.4 Å². The monoisotopic (exact) mass is 671 g/mol. The Bertz CT molecular complexity index is 1990. The van der Waals surface area contributed by atoms with E-state index >= 15 is 0 Å². The van der Waals surface area contributed by atoms with Gasteiger partial charge in [-0.25, -0.2) is 4.79 Å². The maximum atomic E-state index is 13.6. The Labute approximate surface area is 278 Å². The Balaban J connectivity index is 1.24. The van der Waals surface area contributed by atoms with Gasteiger partial charge in [-0.3, -0.25) is 24.2 Å². The van der Waals surface area contributed by atoms with Gasteiger partial charge in [0.05, 0.1) is 11.3 Å². The molecule has 2 aliphatic heterocycles. The lowest BCUT2D eigenvalue weighted by Crippen LogP contribution is -2.57. The number of amides is 2. The van der Waals surface area contributed by atoms with Crippen molar-refractivity contribution in [2.45, 2.75) is 25.5 Å². The van der Waals surface area contributed by atoms with Crippen LogP contribution in [0, 0.1) is 0 Å². The summed E-state index contributed by atoms with van der Waals surface area (Å²) in [4.78, 5) is 58.4. The molecule has 1 N–H and O–H groups in total. The molecule has 1 fully saturated rings. The Morgan fingerprint density at radius 1 is 1.04 bits per heavy atom. The molecule has 0 spiro atoms. The van der Waals surface area contributed by atoms with Crippen molar-refractivity contribution in [1.82, 2.24) is 4.90 Å². The summed E-state index contributed by atoms with van der Waals surface area (Å²) in [7, 11) is 0. The summed E-state index contributed by atoms with van der Waals surface area (Å²) in [6.45, 7) is 5.21. The van der Waals surface area contributed by atoms with Crippen LogP contribution in [-0.4, -0.2) is 52.5 Å². The molecule has 1 saturated heterocycles. The molecule has 1 atom stereocenters. The topological polar surface area (TPSA) is 111 Å². The zero-order valence-electron chi connectivity index (χ0n) is 25.0. The number of benzene rings is 2. The second-order valence-corrected chi connectivity index (χ2v) is 13.3. The second kappa shape index (κ2) is 13.1. The van der Waals surface area contributed by atoms with E-state index < -0.39 is 24.3 Å². The van der Waals surface area contributed by atoms with E-state index in [9.17, 15) is 24.3 Å². The number of para-hydroxylation sites is 1. The Hall–Kier alpha value is -4.52. The molecule has 1 unspecified atom stereocenters. The van der Waals surface area contributed by atoms with E-state index in [0.717, 1.165) is 38.8 Å². The Morgan fingerprint density at radius 3 is 2.52 bits per heavy atom. The summed E-state index contributed by atoms with van der Waals surface area (Å²) in [6, 6.07) is 20.1. The van der Waals surface area contributed by atoms with E-state index in [2.05, 4.69) is 24.8 Å². The van der Waals surface area contributed by atoms with Gasteiger partial charge in [-0.1, -0.05) is 24.3 Å². The van der Waals surface area contributed by atoms with Crippen LogP contribution in [0.25, 0.3) is 22.0 Å². The molecule has 0 bridgehead atoms. The lowest BCUT2D eigenvalue weighted by Gasteiger charge is -2.35. The number of nitrogens with zero attached hydrogens (tertiary/aromatic N) is 3. The molecule has 12 heteroatoms. The van der Waals surface area contributed by atoms with Crippen molar-refractivity contribution in [3.63, 3.8) is 0 Å². The van der Waals surface area contributed by atoms with Crippen LogP contribution in [0.15, 0.2) is 87.6 Å². The van der Waals surface area contributed by atoms with Crippen molar-refractivity contribution >= 4 is 91.5 Å². The molecule has 46 heavy (non-hydrogen) atoms. The van der Waals surface area contributed by atoms with Crippen molar-refractivity contribution < 1.29 is 23.9 Å². The van der Waals surface area contributed by atoms with Gasteiger partial charge in [-0.05, 0) is 81.0 Å². The van der Waals surface area contributed by atoms with Crippen molar-refractivity contribution in [3.8, 4) is 0 Å². The fourth-order valence-corrected chi connectivity index (χ4v) is 8.16.